The molecule has 3 heterocycles. The van der Waals surface area contributed by atoms with E-state index < -0.39 is 51.5 Å². The minimum atomic E-state index is -4.99. The molecule has 2 aromatic heterocycles. The molecule has 3 aromatic carbocycles. The van der Waals surface area contributed by atoms with Gasteiger partial charge in [-0.05, 0) is 60.0 Å². The SMILES string of the molecule is COc1ccc(CN(Cc2ccc(OC)cc2)c2cc(C)c(C(F)(F)F)c(-c3c(Cl)cc4c(N5CCN(C(=O)O)CC5)nc(F)nc4c3F)n2)cc1. The monoisotopic (exact) mass is 742 g/mol. The van der Waals surface area contributed by atoms with Crippen LogP contribution in [0.5, 0.6) is 11.5 Å². The van der Waals surface area contributed by atoms with E-state index in [2.05, 4.69) is 15.0 Å². The fraction of sp³-hybridized carbons (Fsp3) is 0.278. The maximum absolute atomic E-state index is 16.7. The van der Waals surface area contributed by atoms with Crippen molar-refractivity contribution in [3.05, 3.63) is 99.8 Å². The largest absolute Gasteiger partial charge is 0.497 e. The number of ether oxygens (including phenoxy) is 2. The van der Waals surface area contributed by atoms with Crippen LogP contribution in [0, 0.1) is 18.8 Å². The van der Waals surface area contributed by atoms with Crippen LogP contribution in [-0.4, -0.2) is 71.5 Å². The number of hydrogen-bond donors (Lipinski definition) is 1. The van der Waals surface area contributed by atoms with E-state index in [1.165, 1.54) is 33.3 Å². The Labute approximate surface area is 300 Å². The second kappa shape index (κ2) is 14.7. The van der Waals surface area contributed by atoms with Crippen molar-refractivity contribution in [3.63, 3.8) is 0 Å². The van der Waals surface area contributed by atoms with Crippen LogP contribution in [-0.2, 0) is 19.3 Å². The molecule has 5 aromatic rings. The topological polar surface area (TPSA) is 104 Å². The van der Waals surface area contributed by atoms with Gasteiger partial charge in [0, 0.05) is 44.7 Å². The zero-order valence-electron chi connectivity index (χ0n) is 28.1. The molecule has 0 atom stereocenters. The first kappa shape index (κ1) is 36.4. The zero-order valence-corrected chi connectivity index (χ0v) is 28.9. The van der Waals surface area contributed by atoms with Gasteiger partial charge in [0.25, 0.3) is 0 Å². The number of amides is 1. The predicted molar refractivity (Wildman–Crippen MR) is 185 cm³/mol. The van der Waals surface area contributed by atoms with Crippen molar-refractivity contribution in [1.29, 1.82) is 0 Å². The summed E-state index contributed by atoms with van der Waals surface area (Å²) in [6.45, 7) is 1.95. The molecule has 1 fully saturated rings. The Morgan fingerprint density at radius 3 is 1.94 bits per heavy atom. The Balaban J connectivity index is 1.50. The van der Waals surface area contributed by atoms with Gasteiger partial charge in [0.2, 0.25) is 0 Å². The molecule has 1 aliphatic rings. The van der Waals surface area contributed by atoms with Gasteiger partial charge in [-0.15, -0.1) is 0 Å². The summed E-state index contributed by atoms with van der Waals surface area (Å²) in [6, 6.07) is 16.7. The molecule has 0 saturated carbocycles. The highest BCUT2D eigenvalue weighted by molar-refractivity contribution is 6.34. The number of benzene rings is 3. The lowest BCUT2D eigenvalue weighted by Crippen LogP contribution is -2.48. The summed E-state index contributed by atoms with van der Waals surface area (Å²) < 4.78 is 86.6. The predicted octanol–water partition coefficient (Wildman–Crippen LogP) is 7.97. The van der Waals surface area contributed by atoms with E-state index >= 15 is 4.39 Å². The van der Waals surface area contributed by atoms with E-state index in [-0.39, 0.29) is 61.9 Å². The standard InChI is InChI=1S/C36H32ClF5N6O4/c1-20-16-27(48(18-21-4-8-23(51-2)9-5-21)19-22-6-10-24(52-3)11-7-22)43-32(29(20)36(40,41)42)28-26(37)17-25-31(30(28)38)44-34(39)45-33(25)46-12-14-47(15-13-46)35(49)50/h4-11,16-17H,12-15,18-19H2,1-3H3,(H,49,50). The molecular formula is C36H32ClF5N6O4. The fourth-order valence-electron chi connectivity index (χ4n) is 6.20. The van der Waals surface area contributed by atoms with Crippen molar-refractivity contribution < 1.29 is 41.3 Å². The third-order valence-electron chi connectivity index (χ3n) is 8.80. The van der Waals surface area contributed by atoms with Crippen molar-refractivity contribution in [1.82, 2.24) is 19.9 Å². The van der Waals surface area contributed by atoms with Crippen LogP contribution in [0.2, 0.25) is 5.02 Å². The minimum Gasteiger partial charge on any atom is -0.497 e. The highest BCUT2D eigenvalue weighted by atomic mass is 35.5. The summed E-state index contributed by atoms with van der Waals surface area (Å²) in [5, 5.41) is 8.83. The molecule has 0 radical (unpaired) electrons. The number of aromatic nitrogens is 3. The second-order valence-electron chi connectivity index (χ2n) is 12.1. The fourth-order valence-corrected chi connectivity index (χ4v) is 6.48. The third kappa shape index (κ3) is 7.45. The Bertz CT molecular complexity index is 2060. The molecule has 1 N–H and O–H groups in total. The van der Waals surface area contributed by atoms with Crippen molar-refractivity contribution in [2.75, 3.05) is 50.2 Å². The number of rotatable bonds is 9. The lowest BCUT2D eigenvalue weighted by molar-refractivity contribution is -0.137. The molecule has 0 bridgehead atoms. The van der Waals surface area contributed by atoms with Crippen LogP contribution < -0.4 is 19.3 Å². The van der Waals surface area contributed by atoms with Crippen molar-refractivity contribution in [2.45, 2.75) is 26.2 Å². The Hall–Kier alpha value is -5.44. The van der Waals surface area contributed by atoms with Gasteiger partial charge in [0.1, 0.15) is 28.7 Å². The van der Waals surface area contributed by atoms with Crippen LogP contribution in [0.3, 0.4) is 0 Å². The first-order valence-corrected chi connectivity index (χ1v) is 16.3. The summed E-state index contributed by atoms with van der Waals surface area (Å²) in [4.78, 5) is 27.7. The van der Waals surface area contributed by atoms with Gasteiger partial charge >= 0.3 is 18.3 Å². The Kier molecular flexibility index (Phi) is 10.2. The maximum atomic E-state index is 16.7. The summed E-state index contributed by atoms with van der Waals surface area (Å²) in [7, 11) is 3.06. The number of carboxylic acid groups (broad SMARTS) is 1. The normalized spacial score (nSPS) is 13.4. The number of halogens is 6. The van der Waals surface area contributed by atoms with Crippen LogP contribution in [0.1, 0.15) is 22.3 Å². The summed E-state index contributed by atoms with van der Waals surface area (Å²) in [6.07, 6.45) is -7.44. The quantitative estimate of drug-likeness (QED) is 0.119. The maximum Gasteiger partial charge on any atom is 0.418 e. The first-order chi connectivity index (χ1) is 24.8. The van der Waals surface area contributed by atoms with Gasteiger partial charge in [0.05, 0.1) is 36.1 Å². The highest BCUT2D eigenvalue weighted by Gasteiger charge is 2.39. The summed E-state index contributed by atoms with van der Waals surface area (Å²) >= 11 is 6.64. The van der Waals surface area contributed by atoms with Gasteiger partial charge in [0.15, 0.2) is 5.82 Å². The molecule has 0 unspecified atom stereocenters. The number of pyridine rings is 1. The number of hydrogen-bond acceptors (Lipinski definition) is 8. The molecule has 10 nitrogen and oxygen atoms in total. The van der Waals surface area contributed by atoms with Gasteiger partial charge in [-0.1, -0.05) is 35.9 Å². The van der Waals surface area contributed by atoms with E-state index in [0.717, 1.165) is 16.0 Å². The van der Waals surface area contributed by atoms with Gasteiger partial charge in [-0.3, -0.25) is 0 Å². The second-order valence-corrected chi connectivity index (χ2v) is 12.5. The average molecular weight is 743 g/mol. The highest BCUT2D eigenvalue weighted by Crippen LogP contribution is 2.45. The Morgan fingerprint density at radius 1 is 0.885 bits per heavy atom. The molecule has 1 aliphatic heterocycles. The van der Waals surface area contributed by atoms with Gasteiger partial charge in [-0.2, -0.15) is 27.5 Å². The first-order valence-electron chi connectivity index (χ1n) is 16.0. The number of piperazine rings is 1. The number of methoxy groups -OCH3 is 2. The molecular weight excluding hydrogens is 711 g/mol. The lowest BCUT2D eigenvalue weighted by atomic mass is 9.98. The number of fused-ring (bicyclic) bond motifs is 1. The molecule has 52 heavy (non-hydrogen) atoms. The van der Waals surface area contributed by atoms with Crippen molar-refractivity contribution >= 4 is 40.2 Å². The minimum absolute atomic E-state index is 0.0569. The van der Waals surface area contributed by atoms with E-state index in [1.807, 2.05) is 24.3 Å². The molecule has 0 aliphatic carbocycles. The zero-order chi connectivity index (χ0) is 37.3. The van der Waals surface area contributed by atoms with Gasteiger partial charge in [-0.25, -0.2) is 14.2 Å². The van der Waals surface area contributed by atoms with Crippen LogP contribution in [0.4, 0.5) is 38.4 Å². The molecule has 272 valence electrons. The summed E-state index contributed by atoms with van der Waals surface area (Å²) in [5.41, 5.74) is -2.00. The third-order valence-corrected chi connectivity index (χ3v) is 9.10. The van der Waals surface area contributed by atoms with E-state index in [0.29, 0.717) is 11.5 Å². The summed E-state index contributed by atoms with van der Waals surface area (Å²) in [5.74, 6) is -0.0691. The van der Waals surface area contributed by atoms with E-state index in [9.17, 15) is 27.5 Å². The average Bonchev–Trinajstić information content (AvgIpc) is 3.11. The van der Waals surface area contributed by atoms with Crippen LogP contribution in [0.15, 0.2) is 60.7 Å². The Morgan fingerprint density at radius 2 is 1.44 bits per heavy atom. The lowest BCUT2D eigenvalue weighted by Gasteiger charge is -2.34. The number of anilines is 2. The smallest absolute Gasteiger partial charge is 0.418 e. The van der Waals surface area contributed by atoms with E-state index in [4.69, 9.17) is 21.1 Å². The molecule has 0 spiro atoms. The molecule has 16 heteroatoms. The molecule has 1 amide bonds. The van der Waals surface area contributed by atoms with Gasteiger partial charge < -0.3 is 29.3 Å². The molecule has 1 saturated heterocycles. The number of alkyl halides is 3. The van der Waals surface area contributed by atoms with Crippen LogP contribution in [0.25, 0.3) is 22.2 Å². The van der Waals surface area contributed by atoms with Crippen LogP contribution >= 0.6 is 11.6 Å². The van der Waals surface area contributed by atoms with E-state index in [1.54, 1.807) is 34.1 Å². The molecule has 6 rings (SSSR count). The van der Waals surface area contributed by atoms with Crippen molar-refractivity contribution in [3.8, 4) is 22.8 Å². The number of carbonyl (C=O) groups is 1. The number of nitrogens with zero attached hydrogens (tertiary/aromatic N) is 6. The van der Waals surface area contributed by atoms with Crippen molar-refractivity contribution in [2.24, 2.45) is 0 Å². The number of aryl methyl sites for hydroxylation is 1.